The number of alkyl halides is 2. The van der Waals surface area contributed by atoms with E-state index in [0.29, 0.717) is 18.8 Å². The minimum absolute atomic E-state index is 0.0370. The highest BCUT2D eigenvalue weighted by Crippen LogP contribution is 2.24. The molecular weight excluding hydrogens is 310 g/mol. The molecule has 1 aliphatic heterocycles. The van der Waals surface area contributed by atoms with Gasteiger partial charge in [0.2, 0.25) is 0 Å². The Kier molecular flexibility index (Phi) is 4.12. The van der Waals surface area contributed by atoms with Crippen molar-refractivity contribution in [2.24, 2.45) is 0 Å². The molecule has 1 aliphatic rings. The third kappa shape index (κ3) is 3.86. The van der Waals surface area contributed by atoms with Crippen molar-refractivity contribution in [1.29, 1.82) is 0 Å². The summed E-state index contributed by atoms with van der Waals surface area (Å²) in [6.07, 6.45) is 0.104. The molecule has 1 aromatic carbocycles. The Hall–Kier alpha value is -1.78. The quantitative estimate of drug-likeness (QED) is 0.531. The van der Waals surface area contributed by atoms with Crippen LogP contribution in [0.25, 0.3) is 0 Å². The maximum atomic E-state index is 13.1. The third-order valence-electron chi connectivity index (χ3n) is 2.64. The molecule has 0 saturated carbocycles. The van der Waals surface area contributed by atoms with Gasteiger partial charge in [-0.3, -0.25) is 9.35 Å². The number of benzene rings is 1. The van der Waals surface area contributed by atoms with Gasteiger partial charge in [0.15, 0.2) is 0 Å². The molecule has 0 aromatic heterocycles. The summed E-state index contributed by atoms with van der Waals surface area (Å²) in [5, 5.41) is -0.228. The highest BCUT2D eigenvalue weighted by molar-refractivity contribution is 7.87. The predicted molar refractivity (Wildman–Crippen MR) is 69.8 cm³/mol. The number of ether oxygens (including phenoxy) is 1. The molecule has 1 amide bonds. The van der Waals surface area contributed by atoms with Gasteiger partial charge < -0.3 is 15.4 Å². The largest absolute Gasteiger partial charge is 0.446 e. The van der Waals surface area contributed by atoms with Gasteiger partial charge in [-0.05, 0) is 18.2 Å². The molecule has 0 radical (unpaired) electrons. The molecule has 7 nitrogen and oxygen atoms in total. The van der Waals surface area contributed by atoms with E-state index >= 15 is 0 Å². The van der Waals surface area contributed by atoms with Gasteiger partial charge in [0.1, 0.15) is 0 Å². The first-order valence-electron chi connectivity index (χ1n) is 5.82. The van der Waals surface area contributed by atoms with Gasteiger partial charge in [-0.15, -0.1) is 0 Å². The van der Waals surface area contributed by atoms with Crippen molar-refractivity contribution < 1.29 is 31.3 Å². The van der Waals surface area contributed by atoms with Crippen molar-refractivity contribution in [1.82, 2.24) is 0 Å². The van der Waals surface area contributed by atoms with Crippen LogP contribution in [0.5, 0.6) is 0 Å². The smallest absolute Gasteiger partial charge is 0.382 e. The Balaban J connectivity index is 2.04. The van der Waals surface area contributed by atoms with Gasteiger partial charge in [0, 0.05) is 17.9 Å². The zero-order valence-corrected chi connectivity index (χ0v) is 11.4. The number of hydrogen-bond donors (Lipinski definition) is 3. The first-order valence-corrected chi connectivity index (χ1v) is 7.26. The summed E-state index contributed by atoms with van der Waals surface area (Å²) in [5.74, 6) is -2.13. The summed E-state index contributed by atoms with van der Waals surface area (Å²) in [6.45, 7) is 1.17. The van der Waals surface area contributed by atoms with Crippen molar-refractivity contribution in [3.05, 3.63) is 24.3 Å². The van der Waals surface area contributed by atoms with E-state index in [1.165, 1.54) is 18.2 Å². The normalized spacial score (nSPS) is 18.1. The van der Waals surface area contributed by atoms with Crippen LogP contribution in [0.1, 0.15) is 0 Å². The van der Waals surface area contributed by atoms with E-state index in [-0.39, 0.29) is 11.8 Å². The Labute approximate surface area is 119 Å². The van der Waals surface area contributed by atoms with Crippen molar-refractivity contribution in [2.45, 2.75) is 11.4 Å². The first kappa shape index (κ1) is 15.6. The van der Waals surface area contributed by atoms with Gasteiger partial charge in [-0.25, -0.2) is 0 Å². The molecular formula is C11H12F2N2O5S. The second-order valence-corrected chi connectivity index (χ2v) is 5.83. The Bertz CT molecular complexity index is 646. The molecule has 0 bridgehead atoms. The van der Waals surface area contributed by atoms with E-state index in [1.807, 2.05) is 0 Å². The zero-order chi connectivity index (χ0) is 15.7. The Morgan fingerprint density at radius 2 is 2.05 bits per heavy atom. The molecule has 0 spiro atoms. The first-order chi connectivity index (χ1) is 9.70. The topological polar surface area (TPSA) is 108 Å². The zero-order valence-electron chi connectivity index (χ0n) is 10.5. The highest BCUT2D eigenvalue weighted by Gasteiger charge is 2.52. The van der Waals surface area contributed by atoms with Crippen molar-refractivity contribution in [3.8, 4) is 0 Å². The van der Waals surface area contributed by atoms with Crippen molar-refractivity contribution in [3.63, 3.8) is 0 Å². The van der Waals surface area contributed by atoms with Crippen LogP contribution in [-0.4, -0.2) is 43.4 Å². The average molecular weight is 322 g/mol. The summed E-state index contributed by atoms with van der Waals surface area (Å²) in [7, 11) is -5.82. The number of anilines is 2. The van der Waals surface area contributed by atoms with Crippen LogP contribution in [0.3, 0.4) is 0 Å². The number of epoxide rings is 1. The lowest BCUT2D eigenvalue weighted by molar-refractivity contribution is -0.130. The fourth-order valence-electron chi connectivity index (χ4n) is 1.45. The van der Waals surface area contributed by atoms with Gasteiger partial charge >= 0.3 is 21.3 Å². The number of hydrogen-bond acceptors (Lipinski definition) is 5. The fraction of sp³-hybridized carbons (Fsp3) is 0.364. The van der Waals surface area contributed by atoms with E-state index in [1.54, 1.807) is 11.4 Å². The lowest BCUT2D eigenvalue weighted by Gasteiger charge is -2.13. The highest BCUT2D eigenvalue weighted by atomic mass is 32.2. The average Bonchev–Trinajstić information content (AvgIpc) is 3.19. The molecule has 3 N–H and O–H groups in total. The summed E-state index contributed by atoms with van der Waals surface area (Å²) in [6, 6.07) is 5.77. The molecule has 0 aliphatic carbocycles. The number of halogens is 2. The molecule has 1 saturated heterocycles. The van der Waals surface area contributed by atoms with E-state index in [4.69, 9.17) is 9.29 Å². The fourth-order valence-corrected chi connectivity index (χ4v) is 1.73. The Morgan fingerprint density at radius 1 is 1.43 bits per heavy atom. The minimum atomic E-state index is -5.82. The summed E-state index contributed by atoms with van der Waals surface area (Å²) >= 11 is 0. The molecule has 2 rings (SSSR count). The SMILES string of the molecule is O=C(Nc1cccc(NCC2CO2)c1)C(F)(F)S(=O)(=O)O. The van der Waals surface area contributed by atoms with Crippen LogP contribution in [0.15, 0.2) is 24.3 Å². The molecule has 1 atom stereocenters. The van der Waals surface area contributed by atoms with Gasteiger partial charge in [-0.2, -0.15) is 17.2 Å². The van der Waals surface area contributed by atoms with Crippen LogP contribution < -0.4 is 10.6 Å². The molecule has 21 heavy (non-hydrogen) atoms. The van der Waals surface area contributed by atoms with Crippen LogP contribution in [0.4, 0.5) is 20.2 Å². The summed E-state index contributed by atoms with van der Waals surface area (Å²) < 4.78 is 60.4. The number of carbonyl (C=O) groups is 1. The molecule has 116 valence electrons. The molecule has 10 heteroatoms. The number of amides is 1. The number of nitrogens with one attached hydrogen (secondary N) is 2. The lowest BCUT2D eigenvalue weighted by atomic mass is 10.2. The maximum absolute atomic E-state index is 13.1. The molecule has 1 aromatic rings. The maximum Gasteiger partial charge on any atom is 0.446 e. The standard InChI is InChI=1S/C11H12F2N2O5S/c12-11(13,21(17,18)19)10(16)15-8-3-1-2-7(4-8)14-5-9-6-20-9/h1-4,9,14H,5-6H2,(H,15,16)(H,17,18,19). The summed E-state index contributed by atoms with van der Waals surface area (Å²) in [5.41, 5.74) is 0.503. The van der Waals surface area contributed by atoms with E-state index < -0.39 is 21.3 Å². The van der Waals surface area contributed by atoms with Crippen LogP contribution in [-0.2, 0) is 19.6 Å². The van der Waals surface area contributed by atoms with Crippen molar-refractivity contribution >= 4 is 27.4 Å². The van der Waals surface area contributed by atoms with E-state index in [2.05, 4.69) is 5.32 Å². The summed E-state index contributed by atoms with van der Waals surface area (Å²) in [4.78, 5) is 11.2. The second-order valence-electron chi connectivity index (χ2n) is 4.36. The van der Waals surface area contributed by atoms with E-state index in [0.717, 1.165) is 0 Å². The van der Waals surface area contributed by atoms with Gasteiger partial charge in [0.25, 0.3) is 0 Å². The second kappa shape index (κ2) is 5.54. The van der Waals surface area contributed by atoms with Crippen LogP contribution in [0, 0.1) is 0 Å². The van der Waals surface area contributed by atoms with Gasteiger partial charge in [0.05, 0.1) is 12.7 Å². The van der Waals surface area contributed by atoms with E-state index in [9.17, 15) is 22.0 Å². The molecule has 1 unspecified atom stereocenters. The molecule has 1 heterocycles. The number of rotatable bonds is 6. The third-order valence-corrected chi connectivity index (χ3v) is 3.48. The predicted octanol–water partition coefficient (Wildman–Crippen LogP) is 0.916. The Morgan fingerprint density at radius 3 is 2.62 bits per heavy atom. The van der Waals surface area contributed by atoms with Crippen LogP contribution in [0.2, 0.25) is 0 Å². The van der Waals surface area contributed by atoms with Crippen LogP contribution >= 0.6 is 0 Å². The van der Waals surface area contributed by atoms with Crippen molar-refractivity contribution in [2.75, 3.05) is 23.8 Å². The lowest BCUT2D eigenvalue weighted by Crippen LogP contribution is -2.41. The monoisotopic (exact) mass is 322 g/mol. The minimum Gasteiger partial charge on any atom is -0.382 e. The van der Waals surface area contributed by atoms with Gasteiger partial charge in [-0.1, -0.05) is 6.07 Å². The molecule has 1 fully saturated rings. The number of carbonyl (C=O) groups excluding carboxylic acids is 1.